The maximum Gasteiger partial charge on any atom is 0.264 e. The van der Waals surface area contributed by atoms with E-state index in [4.69, 9.17) is 11.6 Å². The van der Waals surface area contributed by atoms with Crippen molar-refractivity contribution in [2.75, 3.05) is 16.2 Å². The first-order valence-electron chi connectivity index (χ1n) is 8.77. The van der Waals surface area contributed by atoms with Crippen LogP contribution in [0.3, 0.4) is 0 Å². The number of halogens is 2. The first-order chi connectivity index (χ1) is 13.8. The van der Waals surface area contributed by atoms with Gasteiger partial charge in [0.25, 0.3) is 15.9 Å². The molecule has 0 aliphatic carbocycles. The zero-order valence-corrected chi connectivity index (χ0v) is 17.0. The molecule has 5 nitrogen and oxygen atoms in total. The van der Waals surface area contributed by atoms with E-state index in [9.17, 15) is 17.6 Å². The van der Waals surface area contributed by atoms with Crippen molar-refractivity contribution in [2.45, 2.75) is 11.8 Å². The van der Waals surface area contributed by atoms with Gasteiger partial charge in [0.05, 0.1) is 15.6 Å². The summed E-state index contributed by atoms with van der Waals surface area (Å²) in [6, 6.07) is 18.2. The minimum absolute atomic E-state index is 0.0946. The second-order valence-corrected chi connectivity index (χ2v) is 8.38. The molecule has 0 saturated carbocycles. The lowest BCUT2D eigenvalue weighted by Gasteiger charge is -2.23. The monoisotopic (exact) mass is 432 g/mol. The topological polar surface area (TPSA) is 66.5 Å². The van der Waals surface area contributed by atoms with Crippen LogP contribution in [0.5, 0.6) is 0 Å². The quantitative estimate of drug-likeness (QED) is 0.599. The van der Waals surface area contributed by atoms with Crippen molar-refractivity contribution in [3.8, 4) is 0 Å². The molecule has 0 unspecified atom stereocenters. The van der Waals surface area contributed by atoms with Gasteiger partial charge in [-0.25, -0.2) is 12.8 Å². The summed E-state index contributed by atoms with van der Waals surface area (Å²) < 4.78 is 40.3. The molecule has 3 aromatic rings. The van der Waals surface area contributed by atoms with Crippen LogP contribution in [0.15, 0.2) is 77.7 Å². The molecule has 3 rings (SSSR count). The van der Waals surface area contributed by atoms with Gasteiger partial charge in [0, 0.05) is 17.8 Å². The van der Waals surface area contributed by atoms with Crippen molar-refractivity contribution in [1.29, 1.82) is 0 Å². The third-order valence-electron chi connectivity index (χ3n) is 4.21. The molecule has 0 fully saturated rings. The van der Waals surface area contributed by atoms with Crippen LogP contribution in [-0.2, 0) is 10.0 Å². The van der Waals surface area contributed by atoms with Gasteiger partial charge in [0.2, 0.25) is 0 Å². The van der Waals surface area contributed by atoms with Crippen LogP contribution in [0.4, 0.5) is 15.8 Å². The molecule has 0 spiro atoms. The smallest absolute Gasteiger partial charge is 0.264 e. The Morgan fingerprint density at radius 2 is 1.69 bits per heavy atom. The summed E-state index contributed by atoms with van der Waals surface area (Å²) in [6.07, 6.45) is 0. The Labute approximate surface area is 173 Å². The van der Waals surface area contributed by atoms with Crippen LogP contribution in [0.2, 0.25) is 5.02 Å². The number of amides is 1. The Morgan fingerprint density at radius 3 is 2.28 bits per heavy atom. The van der Waals surface area contributed by atoms with E-state index >= 15 is 0 Å². The van der Waals surface area contributed by atoms with Crippen molar-refractivity contribution in [1.82, 2.24) is 0 Å². The van der Waals surface area contributed by atoms with E-state index in [2.05, 4.69) is 5.32 Å². The molecule has 150 valence electrons. The fourth-order valence-corrected chi connectivity index (χ4v) is 4.44. The number of nitrogens with zero attached hydrogens (tertiary/aromatic N) is 1. The Hall–Kier alpha value is -2.90. The molecule has 0 saturated heterocycles. The maximum atomic E-state index is 13.2. The summed E-state index contributed by atoms with van der Waals surface area (Å²) in [5.74, 6) is -0.999. The highest BCUT2D eigenvalue weighted by molar-refractivity contribution is 7.92. The van der Waals surface area contributed by atoms with Crippen molar-refractivity contribution < 1.29 is 17.6 Å². The number of rotatable bonds is 6. The van der Waals surface area contributed by atoms with E-state index in [1.54, 1.807) is 37.3 Å². The van der Waals surface area contributed by atoms with Gasteiger partial charge in [0.15, 0.2) is 0 Å². The summed E-state index contributed by atoms with van der Waals surface area (Å²) in [5.41, 5.74) is 1.12. The van der Waals surface area contributed by atoms with Gasteiger partial charge < -0.3 is 5.32 Å². The normalized spacial score (nSPS) is 11.1. The molecule has 29 heavy (non-hydrogen) atoms. The van der Waals surface area contributed by atoms with E-state index in [1.807, 2.05) is 0 Å². The number of benzene rings is 3. The van der Waals surface area contributed by atoms with Gasteiger partial charge >= 0.3 is 0 Å². The lowest BCUT2D eigenvalue weighted by molar-refractivity contribution is 0.102. The molecule has 1 N–H and O–H groups in total. The average molecular weight is 433 g/mol. The van der Waals surface area contributed by atoms with Crippen LogP contribution in [-0.4, -0.2) is 20.9 Å². The summed E-state index contributed by atoms with van der Waals surface area (Å²) in [6.45, 7) is 1.97. The fourth-order valence-electron chi connectivity index (χ4n) is 2.77. The summed E-state index contributed by atoms with van der Waals surface area (Å²) in [4.78, 5) is 12.6. The molecular weight excluding hydrogens is 415 g/mol. The van der Waals surface area contributed by atoms with Crippen LogP contribution >= 0.6 is 11.6 Å². The second kappa shape index (κ2) is 8.63. The van der Waals surface area contributed by atoms with E-state index < -0.39 is 21.7 Å². The van der Waals surface area contributed by atoms with Gasteiger partial charge in [-0.05, 0) is 61.5 Å². The highest BCUT2D eigenvalue weighted by Crippen LogP contribution is 2.24. The molecule has 0 aliphatic rings. The molecule has 1 amide bonds. The van der Waals surface area contributed by atoms with Crippen LogP contribution < -0.4 is 9.62 Å². The number of sulfonamides is 1. The average Bonchev–Trinajstić information content (AvgIpc) is 2.72. The van der Waals surface area contributed by atoms with Gasteiger partial charge in [-0.1, -0.05) is 29.8 Å². The molecular formula is C21H18ClFN2O3S. The number of hydrogen-bond donors (Lipinski definition) is 1. The van der Waals surface area contributed by atoms with Gasteiger partial charge in [-0.15, -0.1) is 0 Å². The van der Waals surface area contributed by atoms with E-state index in [0.717, 1.165) is 6.07 Å². The molecule has 0 bridgehead atoms. The first-order valence-corrected chi connectivity index (χ1v) is 10.6. The predicted octanol–water partition coefficient (Wildman–Crippen LogP) is 4.95. The van der Waals surface area contributed by atoms with Crippen LogP contribution in [0.25, 0.3) is 0 Å². The molecule has 0 radical (unpaired) electrons. The van der Waals surface area contributed by atoms with Crippen molar-refractivity contribution in [2.24, 2.45) is 0 Å². The van der Waals surface area contributed by atoms with E-state index in [-0.39, 0.29) is 16.5 Å². The van der Waals surface area contributed by atoms with Gasteiger partial charge in [-0.2, -0.15) is 0 Å². The van der Waals surface area contributed by atoms with Crippen molar-refractivity contribution in [3.63, 3.8) is 0 Å². The molecule has 8 heteroatoms. The Balaban J connectivity index is 1.81. The van der Waals surface area contributed by atoms with Crippen molar-refractivity contribution >= 4 is 38.9 Å². The molecule has 0 atom stereocenters. The lowest BCUT2D eigenvalue weighted by atomic mass is 10.2. The number of anilines is 2. The highest BCUT2D eigenvalue weighted by atomic mass is 35.5. The molecule has 3 aromatic carbocycles. The minimum atomic E-state index is -3.71. The third-order valence-corrected chi connectivity index (χ3v) is 6.42. The lowest BCUT2D eigenvalue weighted by Crippen LogP contribution is -2.30. The largest absolute Gasteiger partial charge is 0.322 e. The SMILES string of the molecule is CCN(c1ccc(C(=O)Nc2ccc(F)c(Cl)c2)cc1)S(=O)(=O)c1ccccc1. The van der Waals surface area contributed by atoms with Crippen LogP contribution in [0, 0.1) is 5.82 Å². The number of nitrogens with one attached hydrogen (secondary N) is 1. The number of carbonyl (C=O) groups excluding carboxylic acids is 1. The predicted molar refractivity (Wildman–Crippen MR) is 112 cm³/mol. The van der Waals surface area contributed by atoms with Crippen molar-refractivity contribution in [3.05, 3.63) is 89.2 Å². The van der Waals surface area contributed by atoms with Gasteiger partial charge in [-0.3, -0.25) is 9.10 Å². The van der Waals surface area contributed by atoms with E-state index in [0.29, 0.717) is 16.9 Å². The molecule has 0 aromatic heterocycles. The third kappa shape index (κ3) is 4.58. The molecule has 0 aliphatic heterocycles. The Bertz CT molecular complexity index is 1120. The zero-order valence-electron chi connectivity index (χ0n) is 15.5. The fraction of sp³-hybridized carbons (Fsp3) is 0.0952. The maximum absolute atomic E-state index is 13.2. The highest BCUT2D eigenvalue weighted by Gasteiger charge is 2.23. The first kappa shape index (κ1) is 20.8. The summed E-state index contributed by atoms with van der Waals surface area (Å²) in [5, 5.41) is 2.53. The Morgan fingerprint density at radius 1 is 1.03 bits per heavy atom. The Kier molecular flexibility index (Phi) is 6.20. The summed E-state index contributed by atoms with van der Waals surface area (Å²) >= 11 is 5.72. The zero-order chi connectivity index (χ0) is 21.0. The van der Waals surface area contributed by atoms with Crippen LogP contribution in [0.1, 0.15) is 17.3 Å². The minimum Gasteiger partial charge on any atom is -0.322 e. The van der Waals surface area contributed by atoms with E-state index in [1.165, 1.54) is 40.7 Å². The standard InChI is InChI=1S/C21H18ClFN2O3S/c1-2-25(29(27,28)18-6-4-3-5-7-18)17-11-8-15(9-12-17)21(26)24-16-10-13-20(23)19(22)14-16/h3-14H,2H2,1H3,(H,24,26). The summed E-state index contributed by atoms with van der Waals surface area (Å²) in [7, 11) is -3.71. The number of carbonyl (C=O) groups is 1. The molecule has 0 heterocycles. The number of hydrogen-bond acceptors (Lipinski definition) is 3. The van der Waals surface area contributed by atoms with Gasteiger partial charge in [0.1, 0.15) is 5.82 Å². The second-order valence-electron chi connectivity index (χ2n) is 6.11.